The fourth-order valence-electron chi connectivity index (χ4n) is 3.19. The van der Waals surface area contributed by atoms with Gasteiger partial charge < -0.3 is 15.2 Å². The minimum absolute atomic E-state index is 0.0206. The Bertz CT molecular complexity index is 866. The zero-order valence-corrected chi connectivity index (χ0v) is 14.8. The molecule has 28 heavy (non-hydrogen) atoms. The van der Waals surface area contributed by atoms with Crippen LogP contribution < -0.4 is 10.1 Å². The van der Waals surface area contributed by atoms with Crippen molar-refractivity contribution < 1.29 is 23.4 Å². The fourth-order valence-corrected chi connectivity index (χ4v) is 3.19. The van der Waals surface area contributed by atoms with E-state index in [2.05, 4.69) is 15.3 Å². The van der Waals surface area contributed by atoms with Crippen molar-refractivity contribution in [1.29, 1.82) is 5.26 Å². The van der Waals surface area contributed by atoms with Crippen molar-refractivity contribution in [2.45, 2.75) is 31.2 Å². The number of hydrogen-bond acceptors (Lipinski definition) is 5. The van der Waals surface area contributed by atoms with Crippen molar-refractivity contribution in [1.82, 2.24) is 15.3 Å². The summed E-state index contributed by atoms with van der Waals surface area (Å²) < 4.78 is 33.1. The Morgan fingerprint density at radius 3 is 2.61 bits per heavy atom. The third-order valence-electron chi connectivity index (χ3n) is 4.62. The fraction of sp³-hybridized carbons (Fsp3) is 0.368. The van der Waals surface area contributed by atoms with Gasteiger partial charge in [0.05, 0.1) is 12.2 Å². The molecule has 1 saturated carbocycles. The molecule has 0 saturated heterocycles. The van der Waals surface area contributed by atoms with Crippen LogP contribution in [-0.4, -0.2) is 39.7 Å². The van der Waals surface area contributed by atoms with E-state index in [0.29, 0.717) is 22.7 Å². The van der Waals surface area contributed by atoms with Crippen molar-refractivity contribution in [2.75, 3.05) is 6.61 Å². The van der Waals surface area contributed by atoms with Gasteiger partial charge in [0.15, 0.2) is 5.82 Å². The smallest absolute Gasteiger partial charge is 0.404 e. The van der Waals surface area contributed by atoms with E-state index < -0.39 is 30.4 Å². The predicted molar refractivity (Wildman–Crippen MR) is 94.9 cm³/mol. The van der Waals surface area contributed by atoms with Crippen LogP contribution in [0, 0.1) is 17.2 Å². The molecule has 2 aromatic rings. The standard InChI is InChI=1S/C19H18F2N4O3/c20-19(21)6-5-16(25-18(26)27)14(7-19)11-28-15-3-1-13(2-4-15)17-23-9-12(8-22)10-24-17/h1-4,9-10,14,16,25H,5-7,11H2,(H,26,27)/t14-,16+/m1/s1. The second-order valence-corrected chi connectivity index (χ2v) is 6.66. The summed E-state index contributed by atoms with van der Waals surface area (Å²) in [5.41, 5.74) is 1.07. The number of ether oxygens (including phenoxy) is 1. The van der Waals surface area contributed by atoms with Gasteiger partial charge in [-0.2, -0.15) is 5.26 Å². The Morgan fingerprint density at radius 2 is 2.00 bits per heavy atom. The summed E-state index contributed by atoms with van der Waals surface area (Å²) in [6.45, 7) is -0.0206. The van der Waals surface area contributed by atoms with Gasteiger partial charge in [0.1, 0.15) is 11.8 Å². The highest BCUT2D eigenvalue weighted by molar-refractivity contribution is 5.64. The molecular weight excluding hydrogens is 370 g/mol. The highest BCUT2D eigenvalue weighted by atomic mass is 19.3. The van der Waals surface area contributed by atoms with Crippen LogP contribution in [0.25, 0.3) is 11.4 Å². The minimum atomic E-state index is -2.82. The zero-order valence-electron chi connectivity index (χ0n) is 14.8. The lowest BCUT2D eigenvalue weighted by molar-refractivity contribution is -0.0677. The molecule has 0 bridgehead atoms. The van der Waals surface area contributed by atoms with E-state index in [1.165, 1.54) is 12.4 Å². The van der Waals surface area contributed by atoms with Crippen molar-refractivity contribution in [3.8, 4) is 23.2 Å². The van der Waals surface area contributed by atoms with Crippen LogP contribution in [0.1, 0.15) is 24.8 Å². The number of aromatic nitrogens is 2. The van der Waals surface area contributed by atoms with Gasteiger partial charge in [-0.1, -0.05) is 0 Å². The van der Waals surface area contributed by atoms with Crippen molar-refractivity contribution >= 4 is 6.09 Å². The second-order valence-electron chi connectivity index (χ2n) is 6.66. The molecule has 1 aromatic carbocycles. The maximum absolute atomic E-state index is 13.7. The molecule has 146 valence electrons. The maximum atomic E-state index is 13.7. The maximum Gasteiger partial charge on any atom is 0.404 e. The number of nitrogens with zero attached hydrogens (tertiary/aromatic N) is 3. The Labute approximate surface area is 160 Å². The van der Waals surface area contributed by atoms with Gasteiger partial charge in [-0.05, 0) is 30.7 Å². The highest BCUT2D eigenvalue weighted by Crippen LogP contribution is 2.37. The van der Waals surface area contributed by atoms with Gasteiger partial charge >= 0.3 is 6.09 Å². The molecule has 1 aliphatic carbocycles. The summed E-state index contributed by atoms with van der Waals surface area (Å²) in [5, 5.41) is 20.0. The van der Waals surface area contributed by atoms with Gasteiger partial charge in [-0.15, -0.1) is 0 Å². The van der Waals surface area contributed by atoms with E-state index >= 15 is 0 Å². The molecule has 2 atom stereocenters. The Morgan fingerprint density at radius 1 is 1.32 bits per heavy atom. The average Bonchev–Trinajstić information content (AvgIpc) is 2.68. The number of nitriles is 1. The SMILES string of the molecule is N#Cc1cnc(-c2ccc(OC[C@H]3CC(F)(F)CC[C@@H]3NC(=O)O)cc2)nc1. The van der Waals surface area contributed by atoms with Crippen LogP contribution in [0.3, 0.4) is 0 Å². The summed E-state index contributed by atoms with van der Waals surface area (Å²) in [6.07, 6.45) is 0.925. The zero-order chi connectivity index (χ0) is 20.1. The monoisotopic (exact) mass is 388 g/mol. The van der Waals surface area contributed by atoms with E-state index in [0.717, 1.165) is 0 Å². The van der Waals surface area contributed by atoms with Gasteiger partial charge in [0, 0.05) is 42.8 Å². The third-order valence-corrected chi connectivity index (χ3v) is 4.62. The minimum Gasteiger partial charge on any atom is -0.493 e. The molecule has 1 aliphatic rings. The predicted octanol–water partition coefficient (Wildman–Crippen LogP) is 3.47. The van der Waals surface area contributed by atoms with Crippen LogP contribution in [-0.2, 0) is 0 Å². The van der Waals surface area contributed by atoms with Crippen molar-refractivity contribution in [3.63, 3.8) is 0 Å². The quantitative estimate of drug-likeness (QED) is 0.812. The molecule has 0 spiro atoms. The summed E-state index contributed by atoms with van der Waals surface area (Å²) in [6, 6.07) is 8.15. The average molecular weight is 388 g/mol. The largest absolute Gasteiger partial charge is 0.493 e. The van der Waals surface area contributed by atoms with E-state index in [9.17, 15) is 13.6 Å². The first kappa shape index (κ1) is 19.5. The Balaban J connectivity index is 1.64. The van der Waals surface area contributed by atoms with Crippen LogP contribution in [0.2, 0.25) is 0 Å². The molecule has 1 fully saturated rings. The number of carbonyl (C=O) groups is 1. The summed E-state index contributed by atoms with van der Waals surface area (Å²) in [4.78, 5) is 19.1. The van der Waals surface area contributed by atoms with Crippen LogP contribution in [0.4, 0.5) is 13.6 Å². The van der Waals surface area contributed by atoms with E-state index in [4.69, 9.17) is 15.1 Å². The number of alkyl halides is 2. The topological polar surface area (TPSA) is 108 Å². The number of benzene rings is 1. The van der Waals surface area contributed by atoms with Gasteiger partial charge in [0.2, 0.25) is 5.92 Å². The first-order chi connectivity index (χ1) is 13.4. The molecule has 0 radical (unpaired) electrons. The molecule has 1 amide bonds. The molecular formula is C19H18F2N4O3. The number of amides is 1. The van der Waals surface area contributed by atoms with Gasteiger partial charge in [-0.25, -0.2) is 23.5 Å². The van der Waals surface area contributed by atoms with E-state index in [1.807, 2.05) is 6.07 Å². The van der Waals surface area contributed by atoms with Crippen molar-refractivity contribution in [3.05, 3.63) is 42.2 Å². The molecule has 3 rings (SSSR count). The molecule has 1 aromatic heterocycles. The molecule has 2 N–H and O–H groups in total. The lowest BCUT2D eigenvalue weighted by atomic mass is 9.82. The normalized spacial score (nSPS) is 20.8. The summed E-state index contributed by atoms with van der Waals surface area (Å²) in [5.74, 6) is -2.52. The number of hydrogen-bond donors (Lipinski definition) is 2. The number of rotatable bonds is 5. The summed E-state index contributed by atoms with van der Waals surface area (Å²) >= 11 is 0. The first-order valence-corrected chi connectivity index (χ1v) is 8.69. The Hall–Kier alpha value is -3.28. The van der Waals surface area contributed by atoms with Gasteiger partial charge in [-0.3, -0.25) is 0 Å². The van der Waals surface area contributed by atoms with E-state index in [-0.39, 0.29) is 19.4 Å². The second kappa shape index (κ2) is 8.17. The van der Waals surface area contributed by atoms with Crippen LogP contribution in [0.15, 0.2) is 36.7 Å². The Kier molecular flexibility index (Phi) is 5.68. The summed E-state index contributed by atoms with van der Waals surface area (Å²) in [7, 11) is 0. The molecule has 0 aliphatic heterocycles. The van der Waals surface area contributed by atoms with Gasteiger partial charge in [0.25, 0.3) is 0 Å². The molecule has 0 unspecified atom stereocenters. The molecule has 7 nitrogen and oxygen atoms in total. The highest BCUT2D eigenvalue weighted by Gasteiger charge is 2.42. The van der Waals surface area contributed by atoms with E-state index in [1.54, 1.807) is 24.3 Å². The van der Waals surface area contributed by atoms with Crippen molar-refractivity contribution in [2.24, 2.45) is 5.92 Å². The van der Waals surface area contributed by atoms with Crippen LogP contribution in [0.5, 0.6) is 5.75 Å². The molecule has 1 heterocycles. The number of nitrogens with one attached hydrogen (secondary N) is 1. The van der Waals surface area contributed by atoms with Crippen LogP contribution >= 0.6 is 0 Å². The lowest BCUT2D eigenvalue weighted by Gasteiger charge is -2.35. The lowest BCUT2D eigenvalue weighted by Crippen LogP contribution is -2.48. The first-order valence-electron chi connectivity index (χ1n) is 8.69. The number of carboxylic acid groups (broad SMARTS) is 1. The number of halogens is 2. The molecule has 9 heteroatoms. The third kappa shape index (κ3) is 4.91.